The van der Waals surface area contributed by atoms with Gasteiger partial charge in [-0.1, -0.05) is 12.8 Å². The molecule has 0 radical (unpaired) electrons. The molecule has 0 aromatic heterocycles. The number of amides is 1. The van der Waals surface area contributed by atoms with E-state index in [2.05, 4.69) is 11.4 Å². The summed E-state index contributed by atoms with van der Waals surface area (Å²) in [5.41, 5.74) is 1.37. The van der Waals surface area contributed by atoms with Crippen LogP contribution in [0.2, 0.25) is 0 Å². The van der Waals surface area contributed by atoms with Crippen LogP contribution in [-0.4, -0.2) is 17.4 Å². The molecule has 0 saturated heterocycles. The predicted octanol–water partition coefficient (Wildman–Crippen LogP) is 4.20. The van der Waals surface area contributed by atoms with Gasteiger partial charge in [0.15, 0.2) is 0 Å². The Morgan fingerprint density at radius 1 is 1.29 bits per heavy atom. The Morgan fingerprint density at radius 3 is 2.67 bits per heavy atom. The number of thioether (sulfide) groups is 1. The van der Waals surface area contributed by atoms with Crippen molar-refractivity contribution in [2.75, 3.05) is 16.8 Å². The number of anilines is 1. The molecule has 2 rings (SSSR count). The van der Waals surface area contributed by atoms with Crippen LogP contribution in [0.5, 0.6) is 0 Å². The maximum absolute atomic E-state index is 11.8. The first kappa shape index (κ1) is 15.9. The Kier molecular flexibility index (Phi) is 6.62. The highest BCUT2D eigenvalue weighted by atomic mass is 32.2. The average molecular weight is 302 g/mol. The minimum atomic E-state index is 0.0566. The molecule has 0 bridgehead atoms. The van der Waals surface area contributed by atoms with Gasteiger partial charge in [0.05, 0.1) is 11.6 Å². The summed E-state index contributed by atoms with van der Waals surface area (Å²) in [6.07, 6.45) is 7.09. The van der Waals surface area contributed by atoms with Gasteiger partial charge in [-0.25, -0.2) is 0 Å². The van der Waals surface area contributed by atoms with Crippen LogP contribution in [0.1, 0.15) is 44.1 Å². The first-order chi connectivity index (χ1) is 10.3. The third-order valence-electron chi connectivity index (χ3n) is 3.82. The summed E-state index contributed by atoms with van der Waals surface area (Å²) in [5.74, 6) is 3.30. The van der Waals surface area contributed by atoms with Gasteiger partial charge < -0.3 is 5.32 Å². The number of nitriles is 1. The van der Waals surface area contributed by atoms with E-state index in [0.29, 0.717) is 12.0 Å². The molecule has 0 unspecified atom stereocenters. The highest BCUT2D eigenvalue weighted by Crippen LogP contribution is 2.28. The lowest BCUT2D eigenvalue weighted by Crippen LogP contribution is -2.11. The summed E-state index contributed by atoms with van der Waals surface area (Å²) >= 11 is 1.99. The van der Waals surface area contributed by atoms with E-state index >= 15 is 0 Å². The summed E-state index contributed by atoms with van der Waals surface area (Å²) in [5, 5.41) is 11.6. The van der Waals surface area contributed by atoms with Crippen molar-refractivity contribution in [3.8, 4) is 6.07 Å². The topological polar surface area (TPSA) is 52.9 Å². The molecule has 112 valence electrons. The first-order valence-corrected chi connectivity index (χ1v) is 8.81. The van der Waals surface area contributed by atoms with Crippen LogP contribution in [0.15, 0.2) is 24.3 Å². The van der Waals surface area contributed by atoms with E-state index < -0.39 is 0 Å². The quantitative estimate of drug-likeness (QED) is 0.768. The van der Waals surface area contributed by atoms with Gasteiger partial charge in [-0.2, -0.15) is 17.0 Å². The largest absolute Gasteiger partial charge is 0.326 e. The Morgan fingerprint density at radius 2 is 2.00 bits per heavy atom. The van der Waals surface area contributed by atoms with Crippen molar-refractivity contribution in [2.45, 2.75) is 38.5 Å². The van der Waals surface area contributed by atoms with Crippen LogP contribution < -0.4 is 5.32 Å². The van der Waals surface area contributed by atoms with E-state index in [-0.39, 0.29) is 5.91 Å². The summed E-state index contributed by atoms with van der Waals surface area (Å²) in [4.78, 5) is 11.8. The minimum Gasteiger partial charge on any atom is -0.326 e. The number of hydrogen-bond donors (Lipinski definition) is 1. The summed E-state index contributed by atoms with van der Waals surface area (Å²) in [7, 11) is 0. The van der Waals surface area contributed by atoms with Crippen molar-refractivity contribution in [3.63, 3.8) is 0 Å². The SMILES string of the molecule is N#Cc1ccc(NC(=O)CCCSCC2CCCC2)cc1. The number of hydrogen-bond acceptors (Lipinski definition) is 3. The molecule has 1 saturated carbocycles. The molecule has 1 N–H and O–H groups in total. The second-order valence-electron chi connectivity index (χ2n) is 5.57. The zero-order chi connectivity index (χ0) is 14.9. The fourth-order valence-electron chi connectivity index (χ4n) is 2.61. The minimum absolute atomic E-state index is 0.0566. The van der Waals surface area contributed by atoms with Crippen molar-refractivity contribution < 1.29 is 4.79 Å². The Labute approximate surface area is 131 Å². The molecule has 0 heterocycles. The van der Waals surface area contributed by atoms with E-state index in [0.717, 1.165) is 23.8 Å². The Hall–Kier alpha value is -1.47. The lowest BCUT2D eigenvalue weighted by atomic mass is 10.1. The normalized spacial score (nSPS) is 14.8. The van der Waals surface area contributed by atoms with Gasteiger partial charge in [0.2, 0.25) is 5.91 Å². The van der Waals surface area contributed by atoms with E-state index in [1.165, 1.54) is 31.4 Å². The Balaban J connectivity index is 1.57. The zero-order valence-corrected chi connectivity index (χ0v) is 13.1. The van der Waals surface area contributed by atoms with Gasteiger partial charge in [0.1, 0.15) is 0 Å². The Bertz CT molecular complexity index is 487. The summed E-state index contributed by atoms with van der Waals surface area (Å²) in [6, 6.07) is 9.03. The molecule has 0 spiro atoms. The highest BCUT2D eigenvalue weighted by Gasteiger charge is 2.14. The summed E-state index contributed by atoms with van der Waals surface area (Å²) in [6.45, 7) is 0. The van der Waals surface area contributed by atoms with Crippen LogP contribution in [0.4, 0.5) is 5.69 Å². The monoisotopic (exact) mass is 302 g/mol. The smallest absolute Gasteiger partial charge is 0.224 e. The number of nitrogens with zero attached hydrogens (tertiary/aromatic N) is 1. The second kappa shape index (κ2) is 8.74. The van der Waals surface area contributed by atoms with Crippen LogP contribution >= 0.6 is 11.8 Å². The number of carbonyl (C=O) groups excluding carboxylic acids is 1. The van der Waals surface area contributed by atoms with Gasteiger partial charge in [0, 0.05) is 12.1 Å². The fourth-order valence-corrected chi connectivity index (χ4v) is 3.80. The molecule has 1 aromatic rings. The van der Waals surface area contributed by atoms with Crippen LogP contribution in [0.3, 0.4) is 0 Å². The lowest BCUT2D eigenvalue weighted by Gasteiger charge is -2.08. The van der Waals surface area contributed by atoms with Gasteiger partial charge in [-0.3, -0.25) is 4.79 Å². The van der Waals surface area contributed by atoms with Crippen molar-refractivity contribution in [1.82, 2.24) is 0 Å². The van der Waals surface area contributed by atoms with E-state index in [4.69, 9.17) is 5.26 Å². The molecule has 1 aliphatic carbocycles. The van der Waals surface area contributed by atoms with Crippen LogP contribution in [-0.2, 0) is 4.79 Å². The average Bonchev–Trinajstić information content (AvgIpc) is 3.01. The van der Waals surface area contributed by atoms with Crippen molar-refractivity contribution in [2.24, 2.45) is 5.92 Å². The molecule has 21 heavy (non-hydrogen) atoms. The molecule has 3 nitrogen and oxygen atoms in total. The van der Waals surface area contributed by atoms with E-state index in [1.54, 1.807) is 24.3 Å². The molecule has 0 atom stereocenters. The molecule has 1 aromatic carbocycles. The molecule has 4 heteroatoms. The molecule has 1 aliphatic rings. The number of carbonyl (C=O) groups is 1. The van der Waals surface area contributed by atoms with E-state index in [9.17, 15) is 4.79 Å². The van der Waals surface area contributed by atoms with Crippen LogP contribution in [0.25, 0.3) is 0 Å². The highest BCUT2D eigenvalue weighted by molar-refractivity contribution is 7.99. The molecule has 1 amide bonds. The van der Waals surface area contributed by atoms with Crippen molar-refractivity contribution in [3.05, 3.63) is 29.8 Å². The van der Waals surface area contributed by atoms with Gasteiger partial charge in [-0.05, 0) is 61.0 Å². The maximum atomic E-state index is 11.8. The second-order valence-corrected chi connectivity index (χ2v) is 6.72. The zero-order valence-electron chi connectivity index (χ0n) is 12.3. The maximum Gasteiger partial charge on any atom is 0.224 e. The third-order valence-corrected chi connectivity index (χ3v) is 5.10. The van der Waals surface area contributed by atoms with Crippen molar-refractivity contribution in [1.29, 1.82) is 5.26 Å². The number of nitrogens with one attached hydrogen (secondary N) is 1. The van der Waals surface area contributed by atoms with Crippen molar-refractivity contribution >= 4 is 23.4 Å². The van der Waals surface area contributed by atoms with Gasteiger partial charge >= 0.3 is 0 Å². The molecule has 1 fully saturated rings. The first-order valence-electron chi connectivity index (χ1n) is 7.65. The molecule has 0 aliphatic heterocycles. The van der Waals surface area contributed by atoms with E-state index in [1.807, 2.05) is 11.8 Å². The van der Waals surface area contributed by atoms with Gasteiger partial charge in [-0.15, -0.1) is 0 Å². The fraction of sp³-hybridized carbons (Fsp3) is 0.529. The third kappa shape index (κ3) is 5.81. The lowest BCUT2D eigenvalue weighted by molar-refractivity contribution is -0.116. The molecular formula is C17H22N2OS. The van der Waals surface area contributed by atoms with Gasteiger partial charge in [0.25, 0.3) is 0 Å². The number of rotatable bonds is 7. The standard InChI is InChI=1S/C17H22N2OS/c18-12-14-7-9-16(10-8-14)19-17(20)6-3-11-21-13-15-4-1-2-5-15/h7-10,15H,1-6,11,13H2,(H,19,20). The molecular weight excluding hydrogens is 280 g/mol. The number of benzene rings is 1. The summed E-state index contributed by atoms with van der Waals surface area (Å²) < 4.78 is 0. The van der Waals surface area contributed by atoms with Crippen LogP contribution in [0, 0.1) is 17.2 Å². The predicted molar refractivity (Wildman–Crippen MR) is 88.3 cm³/mol.